The molecule has 3 atom stereocenters. The number of amides is 2. The minimum absolute atomic E-state index is 0.0104. The van der Waals surface area contributed by atoms with Crippen molar-refractivity contribution in [2.45, 2.75) is 45.0 Å². The number of nitro benzene ring substituents is 1. The van der Waals surface area contributed by atoms with Crippen molar-refractivity contribution in [1.82, 2.24) is 15.5 Å². The van der Waals surface area contributed by atoms with Gasteiger partial charge in [-0.2, -0.15) is 0 Å². The van der Waals surface area contributed by atoms with Crippen molar-refractivity contribution in [1.29, 1.82) is 0 Å². The smallest absolute Gasteiger partial charge is 0.315 e. The lowest BCUT2D eigenvalue weighted by Crippen LogP contribution is -2.49. The number of anilines is 1. The predicted molar refractivity (Wildman–Crippen MR) is 188 cm³/mol. The fourth-order valence-corrected chi connectivity index (χ4v) is 6.47. The van der Waals surface area contributed by atoms with E-state index >= 15 is 0 Å². The molecule has 11 heteroatoms. The summed E-state index contributed by atoms with van der Waals surface area (Å²) in [4.78, 5) is 27.4. The molecular weight excluding hydrogens is 622 g/mol. The fraction of sp³-hybridized carbons (Fsp3) is 0.342. The number of hydrogen-bond acceptors (Lipinski definition) is 8. The first-order valence-corrected chi connectivity index (χ1v) is 16.8. The molecule has 2 saturated heterocycles. The summed E-state index contributed by atoms with van der Waals surface area (Å²) in [5, 5.41) is 26.3. The summed E-state index contributed by atoms with van der Waals surface area (Å²) in [7, 11) is 0. The van der Waals surface area contributed by atoms with E-state index in [4.69, 9.17) is 9.47 Å². The Balaban J connectivity index is 1.15. The van der Waals surface area contributed by atoms with Gasteiger partial charge in [0.25, 0.3) is 5.69 Å². The molecule has 4 aromatic carbocycles. The number of non-ortho nitro benzene ring substituents is 1. The summed E-state index contributed by atoms with van der Waals surface area (Å²) in [5.41, 5.74) is 7.01. The van der Waals surface area contributed by atoms with Gasteiger partial charge in [0.05, 0.1) is 23.7 Å². The number of piperazine rings is 1. The average molecular weight is 666 g/mol. The SMILES string of the molecule is CCNC(=O)NCc1ccccc1-c1ccc(C2OC(CN3CCN(c4ccc([N+](=O)[O-])cc4)CC3)CC(c3ccc(CO)cc3)O2)cc1. The second-order valence-corrected chi connectivity index (χ2v) is 12.4. The second-order valence-electron chi connectivity index (χ2n) is 12.4. The van der Waals surface area contributed by atoms with Gasteiger partial charge in [0.2, 0.25) is 0 Å². The van der Waals surface area contributed by atoms with E-state index in [0.29, 0.717) is 19.5 Å². The van der Waals surface area contributed by atoms with Crippen molar-refractivity contribution >= 4 is 17.4 Å². The maximum absolute atomic E-state index is 12.0. The van der Waals surface area contributed by atoms with E-state index in [1.165, 1.54) is 0 Å². The van der Waals surface area contributed by atoms with Gasteiger partial charge in [0, 0.05) is 75.6 Å². The maximum Gasteiger partial charge on any atom is 0.315 e. The van der Waals surface area contributed by atoms with Crippen molar-refractivity contribution in [2.24, 2.45) is 0 Å². The van der Waals surface area contributed by atoms with E-state index in [9.17, 15) is 20.0 Å². The third-order valence-corrected chi connectivity index (χ3v) is 9.16. The van der Waals surface area contributed by atoms with Crippen LogP contribution in [0.3, 0.4) is 0 Å². The molecule has 0 bridgehead atoms. The summed E-state index contributed by atoms with van der Waals surface area (Å²) in [6.45, 7) is 6.95. The number of aliphatic hydroxyl groups is 1. The van der Waals surface area contributed by atoms with Crippen LogP contribution in [0.25, 0.3) is 11.1 Å². The number of nitro groups is 1. The number of nitrogens with one attached hydrogen (secondary N) is 2. The number of rotatable bonds is 11. The Morgan fingerprint density at radius 1 is 0.878 bits per heavy atom. The van der Waals surface area contributed by atoms with Gasteiger partial charge in [-0.15, -0.1) is 0 Å². The molecule has 0 saturated carbocycles. The lowest BCUT2D eigenvalue weighted by molar-refractivity contribution is -0.384. The number of hydrogen-bond donors (Lipinski definition) is 3. The van der Waals surface area contributed by atoms with E-state index < -0.39 is 6.29 Å². The monoisotopic (exact) mass is 665 g/mol. The Morgan fingerprint density at radius 3 is 2.24 bits per heavy atom. The predicted octanol–water partition coefficient (Wildman–Crippen LogP) is 5.94. The number of ether oxygens (including phenoxy) is 2. The first-order chi connectivity index (χ1) is 23.9. The van der Waals surface area contributed by atoms with Crippen LogP contribution >= 0.6 is 0 Å². The largest absolute Gasteiger partial charge is 0.392 e. The van der Waals surface area contributed by atoms with Gasteiger partial charge in [0.15, 0.2) is 6.29 Å². The Kier molecular flexibility index (Phi) is 11.2. The number of aliphatic hydroxyl groups excluding tert-OH is 1. The van der Waals surface area contributed by atoms with Gasteiger partial charge in [-0.1, -0.05) is 72.8 Å². The Hall–Kier alpha value is -4.81. The lowest BCUT2D eigenvalue weighted by atomic mass is 9.97. The van der Waals surface area contributed by atoms with Crippen LogP contribution in [-0.2, 0) is 22.6 Å². The normalized spacial score (nSPS) is 19.7. The molecule has 256 valence electrons. The molecule has 11 nitrogen and oxygen atoms in total. The van der Waals surface area contributed by atoms with E-state index in [0.717, 1.165) is 71.8 Å². The lowest BCUT2D eigenvalue weighted by Gasteiger charge is -2.41. The fourth-order valence-electron chi connectivity index (χ4n) is 6.47. The molecule has 3 unspecified atom stereocenters. The number of nitrogens with zero attached hydrogens (tertiary/aromatic N) is 3. The average Bonchev–Trinajstić information content (AvgIpc) is 3.14. The number of carbonyl (C=O) groups excluding carboxylic acids is 1. The Morgan fingerprint density at radius 2 is 1.57 bits per heavy atom. The molecule has 49 heavy (non-hydrogen) atoms. The third kappa shape index (κ3) is 8.62. The van der Waals surface area contributed by atoms with Crippen molar-refractivity contribution in [2.75, 3.05) is 44.2 Å². The van der Waals surface area contributed by atoms with E-state index in [1.807, 2.05) is 73.7 Å². The van der Waals surface area contributed by atoms with E-state index in [2.05, 4.69) is 38.6 Å². The summed E-state index contributed by atoms with van der Waals surface area (Å²) >= 11 is 0. The van der Waals surface area contributed by atoms with Gasteiger partial charge in [0.1, 0.15) is 0 Å². The van der Waals surface area contributed by atoms with Crippen molar-refractivity contribution in [3.63, 3.8) is 0 Å². The highest BCUT2D eigenvalue weighted by molar-refractivity contribution is 5.74. The van der Waals surface area contributed by atoms with Crippen molar-refractivity contribution in [3.8, 4) is 11.1 Å². The molecule has 0 aromatic heterocycles. The molecule has 3 N–H and O–H groups in total. The quantitative estimate of drug-likeness (QED) is 0.133. The highest BCUT2D eigenvalue weighted by atomic mass is 16.7. The topological polar surface area (TPSA) is 129 Å². The van der Waals surface area contributed by atoms with Gasteiger partial charge in [-0.05, 0) is 46.9 Å². The minimum Gasteiger partial charge on any atom is -0.392 e. The number of urea groups is 1. The van der Waals surface area contributed by atoms with Crippen LogP contribution in [0.4, 0.5) is 16.2 Å². The highest BCUT2D eigenvalue weighted by Crippen LogP contribution is 2.39. The van der Waals surface area contributed by atoms with Crippen LogP contribution in [0, 0.1) is 10.1 Å². The van der Waals surface area contributed by atoms with Crippen LogP contribution in [0.5, 0.6) is 0 Å². The van der Waals surface area contributed by atoms with E-state index in [1.54, 1.807) is 12.1 Å². The van der Waals surface area contributed by atoms with E-state index in [-0.39, 0.29) is 35.5 Å². The Labute approximate surface area is 286 Å². The van der Waals surface area contributed by atoms with Crippen LogP contribution in [-0.4, -0.2) is 66.3 Å². The summed E-state index contributed by atoms with van der Waals surface area (Å²) in [6, 6.07) is 30.7. The maximum atomic E-state index is 12.0. The molecule has 4 aromatic rings. The van der Waals surface area contributed by atoms with Gasteiger partial charge in [-0.25, -0.2) is 4.79 Å². The van der Waals surface area contributed by atoms with Gasteiger partial charge in [-0.3, -0.25) is 15.0 Å². The molecule has 2 fully saturated rings. The zero-order valence-corrected chi connectivity index (χ0v) is 27.7. The highest BCUT2D eigenvalue weighted by Gasteiger charge is 2.34. The van der Waals surface area contributed by atoms with Crippen LogP contribution in [0.15, 0.2) is 97.1 Å². The molecule has 2 amide bonds. The van der Waals surface area contributed by atoms with Crippen molar-refractivity contribution < 1.29 is 24.3 Å². The molecular formula is C38H43N5O6. The van der Waals surface area contributed by atoms with Crippen molar-refractivity contribution in [3.05, 3.63) is 129 Å². The molecule has 0 spiro atoms. The molecule has 2 heterocycles. The first kappa shape index (κ1) is 34.1. The Bertz CT molecular complexity index is 1690. The standard InChI is InChI=1S/C38H43N5O6/c1-2-39-38(45)40-24-31-5-3-4-6-35(31)28-11-13-30(14-12-28)37-48-34(23-36(49-37)29-9-7-27(26-44)8-10-29)25-41-19-21-42(22-20-41)32-15-17-33(18-16-32)43(46)47/h3-18,34,36-37,44H,2,19-26H2,1H3,(H2,39,40,45). The summed E-state index contributed by atoms with van der Waals surface area (Å²) in [6.07, 6.45) is -0.125. The molecule has 6 rings (SSSR count). The number of benzene rings is 4. The summed E-state index contributed by atoms with van der Waals surface area (Å²) < 4.78 is 13.2. The van der Waals surface area contributed by atoms with Gasteiger partial charge < -0.3 is 30.1 Å². The zero-order valence-electron chi connectivity index (χ0n) is 27.7. The second kappa shape index (κ2) is 16.1. The molecule has 0 radical (unpaired) electrons. The summed E-state index contributed by atoms with van der Waals surface area (Å²) in [5.74, 6) is 0. The minimum atomic E-state index is -0.564. The number of carbonyl (C=O) groups is 1. The third-order valence-electron chi connectivity index (χ3n) is 9.16. The first-order valence-electron chi connectivity index (χ1n) is 16.8. The molecule has 2 aliphatic heterocycles. The van der Waals surface area contributed by atoms with Crippen LogP contribution < -0.4 is 15.5 Å². The molecule has 2 aliphatic rings. The molecule has 0 aliphatic carbocycles. The zero-order chi connectivity index (χ0) is 34.2. The van der Waals surface area contributed by atoms with Crippen LogP contribution in [0.1, 0.15) is 48.0 Å². The van der Waals surface area contributed by atoms with Gasteiger partial charge >= 0.3 is 6.03 Å². The van der Waals surface area contributed by atoms with Crippen LogP contribution in [0.2, 0.25) is 0 Å².